The molecule has 0 saturated carbocycles. The third-order valence-electron chi connectivity index (χ3n) is 3.70. The molecule has 5 nitrogen and oxygen atoms in total. The zero-order chi connectivity index (χ0) is 14.5. The van der Waals surface area contributed by atoms with Crippen molar-refractivity contribution in [2.24, 2.45) is 11.3 Å². The first kappa shape index (κ1) is 15.8. The Hall–Kier alpha value is -1.26. The highest BCUT2D eigenvalue weighted by Crippen LogP contribution is 2.28. The van der Waals surface area contributed by atoms with Gasteiger partial charge in [-0.3, -0.25) is 4.79 Å². The number of carboxylic acids is 1. The minimum Gasteiger partial charge on any atom is -0.481 e. The molecule has 5 heteroatoms. The number of nitrogens with zero attached hydrogens (tertiary/aromatic N) is 1. The summed E-state index contributed by atoms with van der Waals surface area (Å²) >= 11 is 0. The summed E-state index contributed by atoms with van der Waals surface area (Å²) in [6.45, 7) is 8.22. The highest BCUT2D eigenvalue weighted by molar-refractivity contribution is 5.74. The van der Waals surface area contributed by atoms with Crippen LogP contribution >= 0.6 is 0 Å². The van der Waals surface area contributed by atoms with E-state index in [0.717, 1.165) is 25.9 Å². The van der Waals surface area contributed by atoms with Crippen molar-refractivity contribution >= 4 is 12.0 Å². The molecule has 1 rings (SSSR count). The summed E-state index contributed by atoms with van der Waals surface area (Å²) < 4.78 is 0. The van der Waals surface area contributed by atoms with Crippen molar-refractivity contribution in [3.8, 4) is 0 Å². The number of carbonyl (C=O) groups is 2. The van der Waals surface area contributed by atoms with E-state index in [1.165, 1.54) is 0 Å². The van der Waals surface area contributed by atoms with Crippen LogP contribution in [0, 0.1) is 11.3 Å². The van der Waals surface area contributed by atoms with Crippen LogP contribution < -0.4 is 5.32 Å². The van der Waals surface area contributed by atoms with Gasteiger partial charge in [0.15, 0.2) is 0 Å². The first-order valence-electron chi connectivity index (χ1n) is 7.07. The summed E-state index contributed by atoms with van der Waals surface area (Å²) in [5.41, 5.74) is 0.202. The molecule has 0 aromatic heterocycles. The molecular formula is C14H26N2O3. The fourth-order valence-electron chi connectivity index (χ4n) is 2.44. The molecule has 1 saturated heterocycles. The van der Waals surface area contributed by atoms with E-state index >= 15 is 0 Å². The van der Waals surface area contributed by atoms with Crippen LogP contribution in [-0.2, 0) is 4.79 Å². The number of carbonyl (C=O) groups excluding carboxylic acids is 1. The van der Waals surface area contributed by atoms with Crippen molar-refractivity contribution in [2.75, 3.05) is 19.6 Å². The van der Waals surface area contributed by atoms with Crippen molar-refractivity contribution in [1.29, 1.82) is 0 Å². The van der Waals surface area contributed by atoms with Gasteiger partial charge in [-0.25, -0.2) is 4.79 Å². The Morgan fingerprint density at radius 3 is 2.68 bits per heavy atom. The molecule has 2 N–H and O–H groups in total. The van der Waals surface area contributed by atoms with Crippen LogP contribution in [0.5, 0.6) is 0 Å². The lowest BCUT2D eigenvalue weighted by molar-refractivity contribution is -0.141. The maximum absolute atomic E-state index is 12.0. The van der Waals surface area contributed by atoms with E-state index in [1.807, 2.05) is 4.90 Å². The molecule has 0 radical (unpaired) electrons. The summed E-state index contributed by atoms with van der Waals surface area (Å²) in [7, 11) is 0. The molecule has 1 aliphatic heterocycles. The van der Waals surface area contributed by atoms with E-state index in [1.54, 1.807) is 6.92 Å². The highest BCUT2D eigenvalue weighted by Gasteiger charge is 2.28. The van der Waals surface area contributed by atoms with Crippen LogP contribution in [0.1, 0.15) is 46.5 Å². The van der Waals surface area contributed by atoms with Crippen LogP contribution in [0.3, 0.4) is 0 Å². The Morgan fingerprint density at radius 2 is 2.11 bits per heavy atom. The molecule has 2 amide bonds. The van der Waals surface area contributed by atoms with Crippen LogP contribution in [0.2, 0.25) is 0 Å². The number of piperidine rings is 1. The lowest BCUT2D eigenvalue weighted by Gasteiger charge is -2.37. The average molecular weight is 270 g/mol. The highest BCUT2D eigenvalue weighted by atomic mass is 16.4. The average Bonchev–Trinajstić information content (AvgIpc) is 2.32. The molecule has 1 heterocycles. The number of likely N-dealkylation sites (tertiary alicyclic amines) is 1. The predicted molar refractivity (Wildman–Crippen MR) is 74.0 cm³/mol. The van der Waals surface area contributed by atoms with Crippen molar-refractivity contribution in [3.05, 3.63) is 0 Å². The number of rotatable bonds is 5. The normalized spacial score (nSPS) is 19.8. The smallest absolute Gasteiger partial charge is 0.317 e. The Kier molecular flexibility index (Phi) is 5.63. The quantitative estimate of drug-likeness (QED) is 0.753. The largest absolute Gasteiger partial charge is 0.481 e. The monoisotopic (exact) mass is 270 g/mol. The molecule has 110 valence electrons. The second kappa shape index (κ2) is 6.78. The van der Waals surface area contributed by atoms with Crippen LogP contribution in [0.4, 0.5) is 4.79 Å². The molecule has 19 heavy (non-hydrogen) atoms. The Balaban J connectivity index is 2.22. The van der Waals surface area contributed by atoms with Gasteiger partial charge in [-0.1, -0.05) is 20.8 Å². The Morgan fingerprint density at radius 1 is 1.42 bits per heavy atom. The Labute approximate surface area is 115 Å². The molecule has 1 unspecified atom stereocenters. The number of hydrogen-bond acceptors (Lipinski definition) is 2. The molecule has 0 aliphatic carbocycles. The van der Waals surface area contributed by atoms with E-state index in [0.29, 0.717) is 19.4 Å². The molecule has 0 spiro atoms. The van der Waals surface area contributed by atoms with Crippen molar-refractivity contribution in [3.63, 3.8) is 0 Å². The third kappa shape index (κ3) is 5.49. The van der Waals surface area contributed by atoms with Gasteiger partial charge in [0, 0.05) is 19.6 Å². The molecule has 1 aliphatic rings. The lowest BCUT2D eigenvalue weighted by Crippen LogP contribution is -2.48. The van der Waals surface area contributed by atoms with Gasteiger partial charge in [0.2, 0.25) is 0 Å². The molecule has 0 aromatic rings. The van der Waals surface area contributed by atoms with E-state index in [-0.39, 0.29) is 17.4 Å². The zero-order valence-corrected chi connectivity index (χ0v) is 12.2. The molecule has 1 atom stereocenters. The van der Waals surface area contributed by atoms with Crippen molar-refractivity contribution in [1.82, 2.24) is 10.2 Å². The zero-order valence-electron chi connectivity index (χ0n) is 12.2. The van der Waals surface area contributed by atoms with Gasteiger partial charge in [0.25, 0.3) is 0 Å². The van der Waals surface area contributed by atoms with Crippen molar-refractivity contribution in [2.45, 2.75) is 46.5 Å². The number of carboxylic acid groups (broad SMARTS) is 1. The van der Waals surface area contributed by atoms with Crippen molar-refractivity contribution < 1.29 is 14.7 Å². The van der Waals surface area contributed by atoms with Gasteiger partial charge in [0.05, 0.1) is 5.92 Å². The van der Waals surface area contributed by atoms with Gasteiger partial charge in [-0.15, -0.1) is 0 Å². The van der Waals surface area contributed by atoms with Gasteiger partial charge in [-0.05, 0) is 31.1 Å². The molecule has 0 aromatic carbocycles. The first-order valence-corrected chi connectivity index (χ1v) is 7.07. The fourth-order valence-corrected chi connectivity index (χ4v) is 2.44. The van der Waals surface area contributed by atoms with E-state index < -0.39 is 5.97 Å². The van der Waals surface area contributed by atoms with Crippen LogP contribution in [-0.4, -0.2) is 41.6 Å². The van der Waals surface area contributed by atoms with Gasteiger partial charge in [0.1, 0.15) is 0 Å². The maximum atomic E-state index is 12.0. The van der Waals surface area contributed by atoms with E-state index in [4.69, 9.17) is 5.11 Å². The standard InChI is InChI=1S/C14H26N2O3/c1-11(12(17)18)6-4-8-15-13(19)16-9-5-7-14(2,3)10-16/h11H,4-10H2,1-3H3,(H,15,19)(H,17,18). The summed E-state index contributed by atoms with van der Waals surface area (Å²) in [5, 5.41) is 11.6. The number of nitrogens with one attached hydrogen (secondary N) is 1. The molecule has 1 fully saturated rings. The third-order valence-corrected chi connectivity index (χ3v) is 3.70. The van der Waals surface area contributed by atoms with Crippen LogP contribution in [0.25, 0.3) is 0 Å². The topological polar surface area (TPSA) is 69.6 Å². The SMILES string of the molecule is CC(CCCNC(=O)N1CCCC(C)(C)C1)C(=O)O. The van der Waals surface area contributed by atoms with E-state index in [2.05, 4.69) is 19.2 Å². The first-order chi connectivity index (χ1) is 8.82. The van der Waals surface area contributed by atoms with Gasteiger partial charge >= 0.3 is 12.0 Å². The maximum Gasteiger partial charge on any atom is 0.317 e. The second-order valence-electron chi connectivity index (χ2n) is 6.30. The summed E-state index contributed by atoms with van der Waals surface area (Å²) in [4.78, 5) is 24.5. The number of aliphatic carboxylic acids is 1. The van der Waals surface area contributed by atoms with Gasteiger partial charge in [-0.2, -0.15) is 0 Å². The molecular weight excluding hydrogens is 244 g/mol. The number of hydrogen-bond donors (Lipinski definition) is 2. The summed E-state index contributed by atoms with van der Waals surface area (Å²) in [6, 6.07) is -0.0178. The van der Waals surface area contributed by atoms with E-state index in [9.17, 15) is 9.59 Å². The Bertz CT molecular complexity index is 329. The minimum atomic E-state index is -0.774. The lowest BCUT2D eigenvalue weighted by atomic mass is 9.84. The minimum absolute atomic E-state index is 0.0178. The fraction of sp³-hybridized carbons (Fsp3) is 0.857. The number of amides is 2. The summed E-state index contributed by atoms with van der Waals surface area (Å²) in [5.74, 6) is -1.12. The summed E-state index contributed by atoms with van der Waals surface area (Å²) in [6.07, 6.45) is 3.51. The molecule has 0 bridgehead atoms. The second-order valence-corrected chi connectivity index (χ2v) is 6.30. The predicted octanol–water partition coefficient (Wildman–Crippen LogP) is 2.32. The van der Waals surface area contributed by atoms with Gasteiger partial charge < -0.3 is 15.3 Å². The number of urea groups is 1. The van der Waals surface area contributed by atoms with Crippen LogP contribution in [0.15, 0.2) is 0 Å².